The normalized spacial score (nSPS) is 20.6. The SMILES string of the molecule is CCSCC(C)NC1=NC(c2ccccc2)CS1. The van der Waals surface area contributed by atoms with Crippen LogP contribution in [-0.4, -0.2) is 28.5 Å². The smallest absolute Gasteiger partial charge is 0.157 e. The number of benzene rings is 1. The average Bonchev–Trinajstić information content (AvgIpc) is 2.86. The summed E-state index contributed by atoms with van der Waals surface area (Å²) >= 11 is 3.81. The van der Waals surface area contributed by atoms with Gasteiger partial charge >= 0.3 is 0 Å². The molecule has 0 fully saturated rings. The summed E-state index contributed by atoms with van der Waals surface area (Å²) in [6.45, 7) is 4.42. The summed E-state index contributed by atoms with van der Waals surface area (Å²) in [5.41, 5.74) is 1.32. The highest BCUT2D eigenvalue weighted by Gasteiger charge is 2.20. The van der Waals surface area contributed by atoms with Gasteiger partial charge in [-0.25, -0.2) is 0 Å². The summed E-state index contributed by atoms with van der Waals surface area (Å²) in [6, 6.07) is 11.4. The molecule has 2 nitrogen and oxygen atoms in total. The first-order valence-electron chi connectivity index (χ1n) is 6.39. The van der Waals surface area contributed by atoms with E-state index in [0.29, 0.717) is 12.1 Å². The lowest BCUT2D eigenvalue weighted by Crippen LogP contribution is -2.31. The van der Waals surface area contributed by atoms with Gasteiger partial charge in [0.15, 0.2) is 5.17 Å². The van der Waals surface area contributed by atoms with Crippen molar-refractivity contribution >= 4 is 28.7 Å². The molecule has 1 heterocycles. The zero-order valence-corrected chi connectivity index (χ0v) is 12.6. The maximum absolute atomic E-state index is 4.77. The predicted octanol–water partition coefficient (Wildman–Crippen LogP) is 3.56. The number of nitrogens with zero attached hydrogens (tertiary/aromatic N) is 1. The third-order valence-electron chi connectivity index (χ3n) is 2.78. The molecule has 0 aliphatic carbocycles. The van der Waals surface area contributed by atoms with E-state index >= 15 is 0 Å². The lowest BCUT2D eigenvalue weighted by Gasteiger charge is -2.13. The number of hydrogen-bond acceptors (Lipinski definition) is 4. The van der Waals surface area contributed by atoms with Crippen LogP contribution in [0.25, 0.3) is 0 Å². The van der Waals surface area contributed by atoms with E-state index in [4.69, 9.17) is 4.99 Å². The van der Waals surface area contributed by atoms with Crippen molar-refractivity contribution in [2.75, 3.05) is 17.3 Å². The van der Waals surface area contributed by atoms with E-state index in [1.807, 2.05) is 23.5 Å². The van der Waals surface area contributed by atoms with Crippen molar-refractivity contribution < 1.29 is 0 Å². The van der Waals surface area contributed by atoms with Crippen LogP contribution in [0.15, 0.2) is 35.3 Å². The Morgan fingerprint density at radius 1 is 1.44 bits per heavy atom. The zero-order valence-electron chi connectivity index (χ0n) is 10.9. The number of amidine groups is 1. The summed E-state index contributed by atoms with van der Waals surface area (Å²) in [5, 5.41) is 4.61. The molecule has 0 saturated heterocycles. The van der Waals surface area contributed by atoms with Crippen molar-refractivity contribution in [3.63, 3.8) is 0 Å². The van der Waals surface area contributed by atoms with Crippen molar-refractivity contribution in [3.8, 4) is 0 Å². The Morgan fingerprint density at radius 2 is 2.22 bits per heavy atom. The average molecular weight is 280 g/mol. The van der Waals surface area contributed by atoms with Crippen molar-refractivity contribution in [2.24, 2.45) is 4.99 Å². The van der Waals surface area contributed by atoms with Crippen LogP contribution < -0.4 is 5.32 Å². The Bertz CT molecular complexity index is 392. The number of aliphatic imine (C=N–C) groups is 1. The van der Waals surface area contributed by atoms with Gasteiger partial charge in [0.2, 0.25) is 0 Å². The zero-order chi connectivity index (χ0) is 12.8. The number of thioether (sulfide) groups is 2. The highest BCUT2D eigenvalue weighted by atomic mass is 32.2. The molecular formula is C14H20N2S2. The van der Waals surface area contributed by atoms with Crippen LogP contribution in [0.4, 0.5) is 0 Å². The molecule has 1 aromatic carbocycles. The van der Waals surface area contributed by atoms with Crippen LogP contribution in [0.2, 0.25) is 0 Å². The second-order valence-corrected chi connectivity index (χ2v) is 6.70. The summed E-state index contributed by atoms with van der Waals surface area (Å²) < 4.78 is 0. The fourth-order valence-electron chi connectivity index (χ4n) is 1.85. The first-order chi connectivity index (χ1) is 8.79. The number of hydrogen-bond donors (Lipinski definition) is 1. The lowest BCUT2D eigenvalue weighted by atomic mass is 10.1. The van der Waals surface area contributed by atoms with Gasteiger partial charge in [0.25, 0.3) is 0 Å². The van der Waals surface area contributed by atoms with Crippen LogP contribution >= 0.6 is 23.5 Å². The van der Waals surface area contributed by atoms with E-state index in [1.165, 1.54) is 11.3 Å². The molecule has 18 heavy (non-hydrogen) atoms. The Morgan fingerprint density at radius 3 is 2.94 bits per heavy atom. The van der Waals surface area contributed by atoms with Crippen LogP contribution in [0, 0.1) is 0 Å². The van der Waals surface area contributed by atoms with E-state index < -0.39 is 0 Å². The molecule has 98 valence electrons. The van der Waals surface area contributed by atoms with Crippen LogP contribution in [0.5, 0.6) is 0 Å². The van der Waals surface area contributed by atoms with Gasteiger partial charge < -0.3 is 5.32 Å². The molecule has 0 bridgehead atoms. The van der Waals surface area contributed by atoms with Crippen molar-refractivity contribution in [3.05, 3.63) is 35.9 Å². The molecular weight excluding hydrogens is 260 g/mol. The van der Waals surface area contributed by atoms with Gasteiger partial charge in [0, 0.05) is 17.5 Å². The Labute approximate surface area is 118 Å². The van der Waals surface area contributed by atoms with E-state index in [9.17, 15) is 0 Å². The highest BCUT2D eigenvalue weighted by molar-refractivity contribution is 8.14. The van der Waals surface area contributed by atoms with Gasteiger partial charge in [-0.1, -0.05) is 49.0 Å². The fourth-order valence-corrected chi connectivity index (χ4v) is 3.59. The third-order valence-corrected chi connectivity index (χ3v) is 4.90. The minimum atomic E-state index is 0.324. The lowest BCUT2D eigenvalue weighted by molar-refractivity contribution is 0.742. The third kappa shape index (κ3) is 3.95. The molecule has 2 atom stereocenters. The minimum Gasteiger partial charge on any atom is -0.362 e. The van der Waals surface area contributed by atoms with Crippen molar-refractivity contribution in [2.45, 2.75) is 25.9 Å². The van der Waals surface area contributed by atoms with Crippen molar-refractivity contribution in [1.82, 2.24) is 5.32 Å². The monoisotopic (exact) mass is 280 g/mol. The molecule has 0 aromatic heterocycles. The van der Waals surface area contributed by atoms with Crippen LogP contribution in [-0.2, 0) is 0 Å². The molecule has 0 saturated carbocycles. The van der Waals surface area contributed by atoms with Crippen LogP contribution in [0.1, 0.15) is 25.5 Å². The van der Waals surface area contributed by atoms with Gasteiger partial charge in [-0.2, -0.15) is 11.8 Å². The minimum absolute atomic E-state index is 0.324. The fraction of sp³-hybridized carbons (Fsp3) is 0.500. The van der Waals surface area contributed by atoms with Gasteiger partial charge in [0.05, 0.1) is 6.04 Å². The second kappa shape index (κ2) is 7.10. The maximum atomic E-state index is 4.77. The largest absolute Gasteiger partial charge is 0.362 e. The van der Waals surface area contributed by atoms with E-state index in [-0.39, 0.29) is 0 Å². The first kappa shape index (κ1) is 13.8. The van der Waals surface area contributed by atoms with Gasteiger partial charge in [-0.3, -0.25) is 4.99 Å². The maximum Gasteiger partial charge on any atom is 0.157 e. The molecule has 0 radical (unpaired) electrons. The molecule has 0 amide bonds. The van der Waals surface area contributed by atoms with Crippen molar-refractivity contribution in [1.29, 1.82) is 0 Å². The molecule has 4 heteroatoms. The molecule has 1 aromatic rings. The summed E-state index contributed by atoms with van der Waals surface area (Å²) in [6.07, 6.45) is 0. The number of rotatable bonds is 5. The molecule has 0 spiro atoms. The molecule has 1 aliphatic rings. The van der Waals surface area contributed by atoms with E-state index in [2.05, 4.69) is 49.5 Å². The van der Waals surface area contributed by atoms with Gasteiger partial charge in [-0.15, -0.1) is 0 Å². The molecule has 1 aliphatic heterocycles. The highest BCUT2D eigenvalue weighted by Crippen LogP contribution is 2.29. The standard InChI is InChI=1S/C14H20N2S2/c1-3-17-9-11(2)15-14-16-13(10-18-14)12-7-5-4-6-8-12/h4-8,11,13H,3,9-10H2,1-2H3,(H,15,16). The van der Waals surface area contributed by atoms with Crippen LogP contribution in [0.3, 0.4) is 0 Å². The van der Waals surface area contributed by atoms with Gasteiger partial charge in [0.1, 0.15) is 0 Å². The molecule has 2 rings (SSSR count). The topological polar surface area (TPSA) is 24.4 Å². The summed E-state index contributed by atoms with van der Waals surface area (Å²) in [4.78, 5) is 4.77. The predicted molar refractivity (Wildman–Crippen MR) is 84.7 cm³/mol. The Balaban J connectivity index is 1.88. The molecule has 1 N–H and O–H groups in total. The first-order valence-corrected chi connectivity index (χ1v) is 8.53. The Hall–Kier alpha value is -0.610. The van der Waals surface area contributed by atoms with Gasteiger partial charge in [-0.05, 0) is 18.2 Å². The van der Waals surface area contributed by atoms with E-state index in [0.717, 1.165) is 16.7 Å². The summed E-state index contributed by atoms with van der Waals surface area (Å²) in [7, 11) is 0. The second-order valence-electron chi connectivity index (χ2n) is 4.38. The quantitative estimate of drug-likeness (QED) is 0.892. The molecule has 2 unspecified atom stereocenters. The summed E-state index contributed by atoms with van der Waals surface area (Å²) in [5.74, 6) is 3.38. The van der Waals surface area contributed by atoms with E-state index in [1.54, 1.807) is 0 Å². The number of nitrogens with one attached hydrogen (secondary N) is 1. The Kier molecular flexibility index (Phi) is 5.45.